The third-order valence-electron chi connectivity index (χ3n) is 3.52. The van der Waals surface area contributed by atoms with Crippen LogP contribution >= 0.6 is 11.8 Å². The standard InChI is InChI=1S/C15H14N2S/c1-2-7-13-12(6-1)17-10-4-9-16-11-5-3-8-14(18-13)15(11)17/h1-3,5-8,16H,4,9-10H2. The van der Waals surface area contributed by atoms with E-state index in [4.69, 9.17) is 0 Å². The minimum Gasteiger partial charge on any atom is -0.383 e. The van der Waals surface area contributed by atoms with Gasteiger partial charge in [0.15, 0.2) is 0 Å². The molecular formula is C15H14N2S. The quantitative estimate of drug-likeness (QED) is 0.762. The van der Waals surface area contributed by atoms with E-state index in [1.54, 1.807) is 0 Å². The van der Waals surface area contributed by atoms with Crippen LogP contribution in [0.15, 0.2) is 52.3 Å². The highest BCUT2D eigenvalue weighted by Crippen LogP contribution is 2.51. The van der Waals surface area contributed by atoms with Crippen LogP contribution in [-0.2, 0) is 0 Å². The summed E-state index contributed by atoms with van der Waals surface area (Å²) in [6, 6.07) is 15.3. The number of hydrogen-bond acceptors (Lipinski definition) is 3. The van der Waals surface area contributed by atoms with Crippen LogP contribution in [0.1, 0.15) is 6.42 Å². The molecule has 0 unspecified atom stereocenters. The van der Waals surface area contributed by atoms with Gasteiger partial charge in [-0.05, 0) is 30.7 Å². The van der Waals surface area contributed by atoms with Gasteiger partial charge in [-0.3, -0.25) is 0 Å². The van der Waals surface area contributed by atoms with Crippen molar-refractivity contribution in [2.24, 2.45) is 0 Å². The minimum atomic E-state index is 1.06. The van der Waals surface area contributed by atoms with Gasteiger partial charge in [0.25, 0.3) is 0 Å². The summed E-state index contributed by atoms with van der Waals surface area (Å²) in [5.74, 6) is 0. The van der Waals surface area contributed by atoms with Gasteiger partial charge in [-0.1, -0.05) is 30.0 Å². The molecule has 2 aliphatic rings. The first-order chi connectivity index (χ1) is 8.93. The maximum Gasteiger partial charge on any atom is 0.0788 e. The molecule has 0 bridgehead atoms. The summed E-state index contributed by atoms with van der Waals surface area (Å²) in [5, 5.41) is 3.54. The van der Waals surface area contributed by atoms with E-state index >= 15 is 0 Å². The van der Waals surface area contributed by atoms with Gasteiger partial charge in [0, 0.05) is 22.9 Å². The van der Waals surface area contributed by atoms with Gasteiger partial charge in [-0.25, -0.2) is 0 Å². The van der Waals surface area contributed by atoms with E-state index in [2.05, 4.69) is 52.7 Å². The molecule has 0 spiro atoms. The number of hydrogen-bond donors (Lipinski definition) is 1. The van der Waals surface area contributed by atoms with Crippen molar-refractivity contribution < 1.29 is 0 Å². The Bertz CT molecular complexity index is 609. The monoisotopic (exact) mass is 254 g/mol. The Morgan fingerprint density at radius 3 is 2.89 bits per heavy atom. The fourth-order valence-electron chi connectivity index (χ4n) is 2.72. The van der Waals surface area contributed by atoms with Crippen LogP contribution in [0, 0.1) is 0 Å². The van der Waals surface area contributed by atoms with Crippen molar-refractivity contribution in [1.82, 2.24) is 0 Å². The summed E-state index contributed by atoms with van der Waals surface area (Å²) in [7, 11) is 0. The molecule has 4 rings (SSSR count). The zero-order valence-electron chi connectivity index (χ0n) is 10.0. The first kappa shape index (κ1) is 10.3. The normalized spacial score (nSPS) is 16.3. The maximum atomic E-state index is 3.54. The van der Waals surface area contributed by atoms with Crippen LogP contribution in [0.5, 0.6) is 0 Å². The SMILES string of the molecule is c1ccc2c(c1)Sc1cccc3c1N2CCCN3. The van der Waals surface area contributed by atoms with Crippen molar-refractivity contribution in [3.8, 4) is 0 Å². The number of anilines is 3. The van der Waals surface area contributed by atoms with E-state index in [9.17, 15) is 0 Å². The summed E-state index contributed by atoms with van der Waals surface area (Å²) in [6.07, 6.45) is 1.17. The molecule has 2 aliphatic heterocycles. The number of fused-ring (bicyclic) bond motifs is 2. The van der Waals surface area contributed by atoms with Gasteiger partial charge in [0.2, 0.25) is 0 Å². The molecule has 0 aliphatic carbocycles. The average Bonchev–Trinajstić information content (AvgIpc) is 2.63. The van der Waals surface area contributed by atoms with E-state index in [1.807, 2.05) is 11.8 Å². The van der Waals surface area contributed by atoms with Crippen LogP contribution in [-0.4, -0.2) is 13.1 Å². The van der Waals surface area contributed by atoms with Crippen molar-refractivity contribution in [3.05, 3.63) is 42.5 Å². The lowest BCUT2D eigenvalue weighted by molar-refractivity contribution is 0.851. The molecule has 0 amide bonds. The third-order valence-corrected chi connectivity index (χ3v) is 4.63. The molecule has 0 saturated carbocycles. The number of benzene rings is 2. The molecule has 2 nitrogen and oxygen atoms in total. The summed E-state index contributed by atoms with van der Waals surface area (Å²) in [4.78, 5) is 5.20. The minimum absolute atomic E-state index is 1.06. The second kappa shape index (κ2) is 3.95. The Labute approximate surface area is 111 Å². The lowest BCUT2D eigenvalue weighted by Crippen LogP contribution is -2.21. The maximum absolute atomic E-state index is 3.54. The predicted octanol–water partition coefficient (Wildman–Crippen LogP) is 4.10. The summed E-state index contributed by atoms with van der Waals surface area (Å²) < 4.78 is 0. The van der Waals surface area contributed by atoms with E-state index < -0.39 is 0 Å². The predicted molar refractivity (Wildman–Crippen MR) is 77.1 cm³/mol. The molecule has 1 N–H and O–H groups in total. The molecular weight excluding hydrogens is 240 g/mol. The summed E-state index contributed by atoms with van der Waals surface area (Å²) in [6.45, 7) is 2.15. The molecule has 2 heterocycles. The van der Waals surface area contributed by atoms with Crippen molar-refractivity contribution >= 4 is 28.8 Å². The van der Waals surface area contributed by atoms with Gasteiger partial charge in [0.1, 0.15) is 0 Å². The molecule has 18 heavy (non-hydrogen) atoms. The van der Waals surface area contributed by atoms with Crippen LogP contribution in [0.25, 0.3) is 0 Å². The van der Waals surface area contributed by atoms with Gasteiger partial charge in [0.05, 0.1) is 17.1 Å². The molecule has 0 aromatic heterocycles. The van der Waals surface area contributed by atoms with Crippen LogP contribution in [0.4, 0.5) is 17.1 Å². The van der Waals surface area contributed by atoms with E-state index in [0.717, 1.165) is 13.1 Å². The Kier molecular flexibility index (Phi) is 2.27. The highest BCUT2D eigenvalue weighted by molar-refractivity contribution is 7.99. The molecule has 90 valence electrons. The Hall–Kier alpha value is -1.61. The fraction of sp³-hybridized carbons (Fsp3) is 0.200. The average molecular weight is 254 g/mol. The molecule has 2 aromatic rings. The van der Waals surface area contributed by atoms with E-state index in [0.29, 0.717) is 0 Å². The molecule has 2 aromatic carbocycles. The van der Waals surface area contributed by atoms with Gasteiger partial charge in [-0.2, -0.15) is 0 Å². The van der Waals surface area contributed by atoms with E-state index in [-0.39, 0.29) is 0 Å². The number of para-hydroxylation sites is 2. The summed E-state index contributed by atoms with van der Waals surface area (Å²) >= 11 is 1.88. The molecule has 0 radical (unpaired) electrons. The molecule has 0 saturated heterocycles. The van der Waals surface area contributed by atoms with Crippen molar-refractivity contribution in [2.75, 3.05) is 23.3 Å². The molecule has 0 atom stereocenters. The van der Waals surface area contributed by atoms with Gasteiger partial charge >= 0.3 is 0 Å². The highest BCUT2D eigenvalue weighted by Gasteiger charge is 2.26. The Balaban J connectivity index is 1.97. The highest BCUT2D eigenvalue weighted by atomic mass is 32.2. The first-order valence-electron chi connectivity index (χ1n) is 6.35. The number of nitrogens with zero attached hydrogens (tertiary/aromatic N) is 1. The zero-order valence-corrected chi connectivity index (χ0v) is 10.8. The van der Waals surface area contributed by atoms with Crippen LogP contribution < -0.4 is 10.2 Å². The Morgan fingerprint density at radius 1 is 1.00 bits per heavy atom. The fourth-order valence-corrected chi connectivity index (χ4v) is 3.85. The van der Waals surface area contributed by atoms with Crippen LogP contribution in [0.2, 0.25) is 0 Å². The Morgan fingerprint density at radius 2 is 1.89 bits per heavy atom. The van der Waals surface area contributed by atoms with Crippen molar-refractivity contribution in [3.63, 3.8) is 0 Å². The smallest absolute Gasteiger partial charge is 0.0788 e. The third kappa shape index (κ3) is 1.44. The number of nitrogens with one attached hydrogen (secondary N) is 1. The van der Waals surface area contributed by atoms with E-state index in [1.165, 1.54) is 33.3 Å². The summed E-state index contributed by atoms with van der Waals surface area (Å²) in [5.41, 5.74) is 3.98. The van der Waals surface area contributed by atoms with Gasteiger partial charge in [-0.15, -0.1) is 0 Å². The number of rotatable bonds is 0. The second-order valence-corrected chi connectivity index (χ2v) is 5.74. The molecule has 0 fully saturated rings. The van der Waals surface area contributed by atoms with Crippen molar-refractivity contribution in [2.45, 2.75) is 16.2 Å². The second-order valence-electron chi connectivity index (χ2n) is 4.65. The van der Waals surface area contributed by atoms with Gasteiger partial charge < -0.3 is 10.2 Å². The van der Waals surface area contributed by atoms with Crippen LogP contribution in [0.3, 0.4) is 0 Å². The largest absolute Gasteiger partial charge is 0.383 e. The lowest BCUT2D eigenvalue weighted by atomic mass is 10.2. The van der Waals surface area contributed by atoms with Crippen molar-refractivity contribution in [1.29, 1.82) is 0 Å². The zero-order chi connectivity index (χ0) is 11.9. The topological polar surface area (TPSA) is 15.3 Å². The lowest BCUT2D eigenvalue weighted by Gasteiger charge is -2.32. The molecule has 3 heteroatoms. The first-order valence-corrected chi connectivity index (χ1v) is 7.16.